The average molecular weight is 379 g/mol. The first kappa shape index (κ1) is 21.8. The van der Waals surface area contributed by atoms with E-state index in [1.807, 2.05) is 18.2 Å². The molecule has 0 bridgehead atoms. The third-order valence-corrected chi connectivity index (χ3v) is 5.93. The normalized spacial score (nSPS) is 33.0. The molecule has 0 aliphatic heterocycles. The summed E-state index contributed by atoms with van der Waals surface area (Å²) in [7, 11) is 0. The second-order valence-corrected chi connectivity index (χ2v) is 8.48. The van der Waals surface area contributed by atoms with Crippen LogP contribution >= 0.6 is 0 Å². The molecule has 5 nitrogen and oxygen atoms in total. The number of aliphatic hydroxyl groups excluding tert-OH is 1. The molecule has 0 saturated heterocycles. The Morgan fingerprint density at radius 3 is 2.59 bits per heavy atom. The van der Waals surface area contributed by atoms with Crippen LogP contribution in [0, 0.1) is 23.7 Å². The van der Waals surface area contributed by atoms with Crippen molar-refractivity contribution in [2.24, 2.45) is 23.7 Å². The summed E-state index contributed by atoms with van der Waals surface area (Å²) in [6.07, 6.45) is 12.7. The van der Waals surface area contributed by atoms with E-state index >= 15 is 0 Å². The van der Waals surface area contributed by atoms with Gasteiger partial charge in [-0.2, -0.15) is 0 Å². The Morgan fingerprint density at radius 2 is 1.96 bits per heavy atom. The van der Waals surface area contributed by atoms with Gasteiger partial charge in [0.05, 0.1) is 17.6 Å². The minimum atomic E-state index is -0.918. The maximum Gasteiger partial charge on any atom is 0.306 e. The van der Waals surface area contributed by atoms with Crippen LogP contribution in [-0.2, 0) is 9.59 Å². The number of carboxylic acids is 1. The maximum atomic E-state index is 12.2. The predicted octanol–water partition coefficient (Wildman–Crippen LogP) is 3.50. The van der Waals surface area contributed by atoms with Crippen molar-refractivity contribution in [3.63, 3.8) is 0 Å². The lowest BCUT2D eigenvalue weighted by Crippen LogP contribution is -2.23. The third-order valence-electron chi connectivity index (χ3n) is 5.93. The summed E-state index contributed by atoms with van der Waals surface area (Å²) in [5, 5.41) is 29.6. The number of carboxylic acid groups (broad SMARTS) is 1. The molecule has 6 atom stereocenters. The Labute approximate surface area is 162 Å². The fraction of sp³-hybridized carbons (Fsp3) is 0.727. The first-order valence-corrected chi connectivity index (χ1v) is 10.3. The SMILES string of the molecule is CCCCC[C@@](C)(O)/C=C/[C@H]1[C@H](O)CC(=O)[C@@H]1C/C=C\C[C@@H]1C[C@H]1C(=O)O. The molecule has 2 fully saturated rings. The van der Waals surface area contributed by atoms with Gasteiger partial charge in [0.1, 0.15) is 5.78 Å². The number of Topliss-reactive ketones (excluding diaryl/α,β-unsaturated/α-hetero) is 1. The van der Waals surface area contributed by atoms with E-state index in [1.54, 1.807) is 13.0 Å². The van der Waals surface area contributed by atoms with E-state index in [2.05, 4.69) is 6.92 Å². The molecule has 2 saturated carbocycles. The van der Waals surface area contributed by atoms with Crippen molar-refractivity contribution in [2.75, 3.05) is 0 Å². The van der Waals surface area contributed by atoms with E-state index in [0.717, 1.165) is 32.1 Å². The van der Waals surface area contributed by atoms with Crippen LogP contribution in [0.5, 0.6) is 0 Å². The summed E-state index contributed by atoms with van der Waals surface area (Å²) in [5.74, 6) is -1.20. The highest BCUT2D eigenvalue weighted by molar-refractivity contribution is 5.84. The minimum absolute atomic E-state index is 0.0576. The second-order valence-electron chi connectivity index (χ2n) is 8.48. The molecular weight excluding hydrogens is 344 g/mol. The summed E-state index contributed by atoms with van der Waals surface area (Å²) in [4.78, 5) is 23.1. The summed E-state index contributed by atoms with van der Waals surface area (Å²) in [5.41, 5.74) is -0.918. The molecule has 0 heterocycles. The summed E-state index contributed by atoms with van der Waals surface area (Å²) in [6.45, 7) is 3.89. The Morgan fingerprint density at radius 1 is 1.26 bits per heavy atom. The Bertz CT molecular complexity index is 577. The number of ketones is 1. The summed E-state index contributed by atoms with van der Waals surface area (Å²) in [6, 6.07) is 0. The van der Waals surface area contributed by atoms with Gasteiger partial charge in [0, 0.05) is 18.3 Å². The first-order chi connectivity index (χ1) is 12.7. The smallest absolute Gasteiger partial charge is 0.306 e. The Kier molecular flexibility index (Phi) is 7.80. The summed E-state index contributed by atoms with van der Waals surface area (Å²) < 4.78 is 0. The maximum absolute atomic E-state index is 12.2. The molecule has 27 heavy (non-hydrogen) atoms. The van der Waals surface area contributed by atoms with Crippen LogP contribution < -0.4 is 0 Å². The molecule has 152 valence electrons. The highest BCUT2D eigenvalue weighted by Gasteiger charge is 2.42. The molecule has 0 radical (unpaired) electrons. The van der Waals surface area contributed by atoms with Crippen molar-refractivity contribution < 1.29 is 24.9 Å². The number of carbonyl (C=O) groups excluding carboxylic acids is 1. The van der Waals surface area contributed by atoms with Crippen LogP contribution in [0.3, 0.4) is 0 Å². The van der Waals surface area contributed by atoms with Crippen molar-refractivity contribution in [3.05, 3.63) is 24.3 Å². The molecule has 0 amide bonds. The number of hydrogen-bond acceptors (Lipinski definition) is 4. The van der Waals surface area contributed by atoms with Crippen LogP contribution in [0.4, 0.5) is 0 Å². The molecule has 0 unspecified atom stereocenters. The molecule has 5 heteroatoms. The predicted molar refractivity (Wildman–Crippen MR) is 104 cm³/mol. The average Bonchev–Trinajstić information content (AvgIpc) is 3.31. The molecule has 2 aliphatic carbocycles. The van der Waals surface area contributed by atoms with Gasteiger partial charge in [-0.25, -0.2) is 0 Å². The van der Waals surface area contributed by atoms with Crippen LogP contribution in [0.15, 0.2) is 24.3 Å². The molecule has 0 spiro atoms. The first-order valence-electron chi connectivity index (χ1n) is 10.3. The van der Waals surface area contributed by atoms with Gasteiger partial charge in [-0.1, -0.05) is 50.5 Å². The number of carbonyl (C=O) groups is 2. The van der Waals surface area contributed by atoms with E-state index in [0.29, 0.717) is 12.8 Å². The lowest BCUT2D eigenvalue weighted by molar-refractivity contribution is -0.138. The molecule has 2 rings (SSSR count). The highest BCUT2D eigenvalue weighted by atomic mass is 16.4. The molecule has 0 aromatic rings. The fourth-order valence-corrected chi connectivity index (χ4v) is 3.99. The van der Waals surface area contributed by atoms with Crippen molar-refractivity contribution in [1.82, 2.24) is 0 Å². The van der Waals surface area contributed by atoms with Crippen molar-refractivity contribution >= 4 is 11.8 Å². The van der Waals surface area contributed by atoms with E-state index < -0.39 is 17.7 Å². The Hall–Kier alpha value is -1.46. The van der Waals surface area contributed by atoms with Gasteiger partial charge < -0.3 is 15.3 Å². The van der Waals surface area contributed by atoms with Gasteiger partial charge in [0.15, 0.2) is 0 Å². The minimum Gasteiger partial charge on any atom is -0.481 e. The number of aliphatic hydroxyl groups is 2. The summed E-state index contributed by atoms with van der Waals surface area (Å²) >= 11 is 0. The lowest BCUT2D eigenvalue weighted by Gasteiger charge is -2.21. The number of rotatable bonds is 11. The van der Waals surface area contributed by atoms with Gasteiger partial charge in [0.25, 0.3) is 0 Å². The second kappa shape index (κ2) is 9.65. The monoisotopic (exact) mass is 378 g/mol. The van der Waals surface area contributed by atoms with Crippen LogP contribution in [0.2, 0.25) is 0 Å². The molecule has 0 aromatic carbocycles. The van der Waals surface area contributed by atoms with Gasteiger partial charge in [-0.15, -0.1) is 0 Å². The Balaban J connectivity index is 1.87. The highest BCUT2D eigenvalue weighted by Crippen LogP contribution is 2.41. The molecule has 3 N–H and O–H groups in total. The van der Waals surface area contributed by atoms with Crippen LogP contribution in [0.25, 0.3) is 0 Å². The van der Waals surface area contributed by atoms with Gasteiger partial charge in [0.2, 0.25) is 0 Å². The van der Waals surface area contributed by atoms with Crippen molar-refractivity contribution in [3.8, 4) is 0 Å². The van der Waals surface area contributed by atoms with Gasteiger partial charge in [-0.3, -0.25) is 9.59 Å². The number of allylic oxidation sites excluding steroid dienone is 2. The zero-order valence-electron chi connectivity index (χ0n) is 16.5. The van der Waals surface area contributed by atoms with E-state index in [-0.39, 0.29) is 35.9 Å². The largest absolute Gasteiger partial charge is 0.481 e. The molecule has 2 aliphatic rings. The van der Waals surface area contributed by atoms with Gasteiger partial charge >= 0.3 is 5.97 Å². The standard InChI is InChI=1S/C22H34O5/c1-3-4-7-11-22(2,27)12-10-17-16(19(23)14-20(17)24)9-6-5-8-15-13-18(15)21(25)26/h5-6,10,12,15-18,20,24,27H,3-4,7-9,11,13-14H2,1-2H3,(H,25,26)/b6-5-,12-10+/t15-,16-,17-,18-,20-,22-/m1/s1. The van der Waals surface area contributed by atoms with Gasteiger partial charge in [-0.05, 0) is 38.5 Å². The van der Waals surface area contributed by atoms with E-state index in [9.17, 15) is 19.8 Å². The van der Waals surface area contributed by atoms with Crippen molar-refractivity contribution in [1.29, 1.82) is 0 Å². The van der Waals surface area contributed by atoms with Crippen LogP contribution in [-0.4, -0.2) is 38.8 Å². The number of hydrogen-bond donors (Lipinski definition) is 3. The molecular formula is C22H34O5. The molecule has 0 aromatic heterocycles. The zero-order chi connectivity index (χ0) is 20.0. The van der Waals surface area contributed by atoms with Crippen molar-refractivity contribution in [2.45, 2.75) is 76.9 Å². The van der Waals surface area contributed by atoms with Crippen LogP contribution in [0.1, 0.15) is 65.2 Å². The fourth-order valence-electron chi connectivity index (χ4n) is 3.99. The number of unbranched alkanes of at least 4 members (excludes halogenated alkanes) is 2. The number of aliphatic carboxylic acids is 1. The lowest BCUT2D eigenvalue weighted by atomic mass is 9.88. The zero-order valence-corrected chi connectivity index (χ0v) is 16.5. The van der Waals surface area contributed by atoms with E-state index in [4.69, 9.17) is 5.11 Å². The quantitative estimate of drug-likeness (QED) is 0.378. The third kappa shape index (κ3) is 6.58. The van der Waals surface area contributed by atoms with E-state index in [1.165, 1.54) is 0 Å². The topological polar surface area (TPSA) is 94.8 Å².